The Bertz CT molecular complexity index is 781. The molecule has 2 heterocycles. The first-order chi connectivity index (χ1) is 12.3. The Morgan fingerprint density at radius 3 is 2.56 bits per heavy atom. The van der Waals surface area contributed by atoms with E-state index in [1.165, 1.54) is 5.56 Å². The lowest BCUT2D eigenvalue weighted by molar-refractivity contribution is 0.179. The van der Waals surface area contributed by atoms with Crippen molar-refractivity contribution in [3.63, 3.8) is 0 Å². The topological polar surface area (TPSA) is 106 Å². The largest absolute Gasteiger partial charge is 0.395 e. The molecule has 0 unspecified atom stereocenters. The molecule has 3 rings (SSSR count). The zero-order valence-corrected chi connectivity index (χ0v) is 16.4. The number of rotatable bonds is 9. The Kier molecular flexibility index (Phi) is 9.98. The number of hydrogen-bond acceptors (Lipinski definition) is 7. The molecule has 0 saturated heterocycles. The normalized spacial score (nSPS) is 10.5. The van der Waals surface area contributed by atoms with Crippen LogP contribution in [-0.2, 0) is 26.2 Å². The molecular formula is C17H24Cl2N6O2. The highest BCUT2D eigenvalue weighted by atomic mass is 35.5. The molecule has 0 aliphatic heterocycles. The first kappa shape index (κ1) is 23.1. The van der Waals surface area contributed by atoms with Crippen LogP contribution in [0.15, 0.2) is 47.2 Å². The summed E-state index contributed by atoms with van der Waals surface area (Å²) < 4.78 is 6.93. The van der Waals surface area contributed by atoms with E-state index in [0.29, 0.717) is 31.3 Å². The molecule has 0 aliphatic carbocycles. The molecular weight excluding hydrogens is 391 g/mol. The van der Waals surface area contributed by atoms with E-state index in [1.54, 1.807) is 0 Å². The van der Waals surface area contributed by atoms with Gasteiger partial charge in [0.1, 0.15) is 0 Å². The van der Waals surface area contributed by atoms with Gasteiger partial charge in [-0.2, -0.15) is 10.1 Å². The molecule has 27 heavy (non-hydrogen) atoms. The molecule has 0 saturated carbocycles. The van der Waals surface area contributed by atoms with Crippen molar-refractivity contribution in [2.24, 2.45) is 5.73 Å². The molecule has 0 bridgehead atoms. The van der Waals surface area contributed by atoms with Gasteiger partial charge in [0.05, 0.1) is 32.4 Å². The summed E-state index contributed by atoms with van der Waals surface area (Å²) in [7, 11) is 0. The van der Waals surface area contributed by atoms with Gasteiger partial charge in [0.15, 0.2) is 5.82 Å². The van der Waals surface area contributed by atoms with E-state index in [0.717, 1.165) is 12.1 Å². The number of nitrogens with two attached hydrogens (primary N) is 1. The quantitative estimate of drug-likeness (QED) is 0.547. The van der Waals surface area contributed by atoms with Crippen LogP contribution in [0, 0.1) is 0 Å². The van der Waals surface area contributed by atoms with Crippen LogP contribution in [0.25, 0.3) is 0 Å². The van der Waals surface area contributed by atoms with Crippen molar-refractivity contribution < 1.29 is 9.63 Å². The van der Waals surface area contributed by atoms with Crippen molar-refractivity contribution in [2.45, 2.75) is 26.2 Å². The Balaban J connectivity index is 0.00000182. The lowest BCUT2D eigenvalue weighted by atomic mass is 10.2. The number of halogens is 2. The van der Waals surface area contributed by atoms with Gasteiger partial charge in [-0.1, -0.05) is 35.5 Å². The van der Waals surface area contributed by atoms with Gasteiger partial charge in [0, 0.05) is 24.8 Å². The van der Waals surface area contributed by atoms with Crippen LogP contribution >= 0.6 is 24.8 Å². The van der Waals surface area contributed by atoms with Crippen LogP contribution in [0.5, 0.6) is 0 Å². The summed E-state index contributed by atoms with van der Waals surface area (Å²) in [5.74, 6) is 0.972. The monoisotopic (exact) mass is 414 g/mol. The summed E-state index contributed by atoms with van der Waals surface area (Å²) >= 11 is 0. The minimum Gasteiger partial charge on any atom is -0.395 e. The Hall–Kier alpha value is -1.97. The third-order valence-corrected chi connectivity index (χ3v) is 3.75. The molecule has 0 radical (unpaired) electrons. The van der Waals surface area contributed by atoms with Gasteiger partial charge in [-0.05, 0) is 5.56 Å². The van der Waals surface area contributed by atoms with Crippen LogP contribution in [0.4, 0.5) is 0 Å². The lowest BCUT2D eigenvalue weighted by Gasteiger charge is -2.18. The maximum absolute atomic E-state index is 9.30. The number of aliphatic hydroxyl groups excluding tert-OH is 1. The summed E-state index contributed by atoms with van der Waals surface area (Å²) in [5.41, 5.74) is 7.74. The Morgan fingerprint density at radius 2 is 1.89 bits per heavy atom. The number of aromatic nitrogens is 4. The molecule has 2 aromatic heterocycles. The van der Waals surface area contributed by atoms with Crippen molar-refractivity contribution in [3.8, 4) is 0 Å². The maximum Gasteiger partial charge on any atom is 0.240 e. The summed E-state index contributed by atoms with van der Waals surface area (Å²) in [4.78, 5) is 6.24. The molecule has 3 N–H and O–H groups in total. The first-order valence-electron chi connectivity index (χ1n) is 8.17. The predicted molar refractivity (Wildman–Crippen MR) is 106 cm³/mol. The van der Waals surface area contributed by atoms with Crippen molar-refractivity contribution in [2.75, 3.05) is 13.2 Å². The fourth-order valence-corrected chi connectivity index (χ4v) is 2.60. The van der Waals surface area contributed by atoms with Crippen LogP contribution < -0.4 is 5.73 Å². The van der Waals surface area contributed by atoms with Gasteiger partial charge < -0.3 is 15.4 Å². The van der Waals surface area contributed by atoms with E-state index < -0.39 is 0 Å². The van der Waals surface area contributed by atoms with Gasteiger partial charge in [-0.15, -0.1) is 24.8 Å². The van der Waals surface area contributed by atoms with Crippen molar-refractivity contribution in [3.05, 3.63) is 65.6 Å². The highest BCUT2D eigenvalue weighted by Crippen LogP contribution is 2.09. The molecule has 1 aromatic carbocycles. The van der Waals surface area contributed by atoms with Crippen molar-refractivity contribution >= 4 is 24.8 Å². The minimum absolute atomic E-state index is 0. The van der Waals surface area contributed by atoms with Crippen LogP contribution in [0.3, 0.4) is 0 Å². The average Bonchev–Trinajstić information content (AvgIpc) is 3.25. The lowest BCUT2D eigenvalue weighted by Crippen LogP contribution is -2.26. The summed E-state index contributed by atoms with van der Waals surface area (Å²) in [5, 5.41) is 17.6. The second kappa shape index (κ2) is 11.7. The third kappa shape index (κ3) is 6.93. The number of benzene rings is 1. The molecule has 0 atom stereocenters. The molecule has 0 amide bonds. The molecule has 3 aromatic rings. The van der Waals surface area contributed by atoms with Crippen LogP contribution in [-0.4, -0.2) is 43.1 Å². The molecule has 148 valence electrons. The second-order valence-corrected chi connectivity index (χ2v) is 5.77. The SMILES string of the molecule is Cl.Cl.NCc1nc(CN(CCO)Cc2cnn(Cc3ccccc3)c2)no1. The standard InChI is InChI=1S/C17H22N6O2.2ClH/c18-8-17-20-16(21-25-17)13-22(6-7-24)10-15-9-19-23(12-15)11-14-4-2-1-3-5-14;;/h1-5,9,12,24H,6-8,10-11,13,18H2;2*1H. The van der Waals surface area contributed by atoms with E-state index in [1.807, 2.05) is 40.2 Å². The van der Waals surface area contributed by atoms with Crippen molar-refractivity contribution in [1.82, 2.24) is 24.8 Å². The highest BCUT2D eigenvalue weighted by molar-refractivity contribution is 5.85. The van der Waals surface area contributed by atoms with Gasteiger partial charge in [0.2, 0.25) is 5.89 Å². The van der Waals surface area contributed by atoms with E-state index >= 15 is 0 Å². The van der Waals surface area contributed by atoms with Crippen LogP contribution in [0.2, 0.25) is 0 Å². The molecule has 10 heteroatoms. The Morgan fingerprint density at radius 1 is 1.11 bits per heavy atom. The molecule has 0 aliphatic rings. The smallest absolute Gasteiger partial charge is 0.240 e. The number of aliphatic hydroxyl groups is 1. The van der Waals surface area contributed by atoms with Crippen molar-refractivity contribution in [1.29, 1.82) is 0 Å². The molecule has 0 spiro atoms. The molecule has 8 nitrogen and oxygen atoms in total. The highest BCUT2D eigenvalue weighted by Gasteiger charge is 2.12. The zero-order chi connectivity index (χ0) is 17.5. The third-order valence-electron chi connectivity index (χ3n) is 3.75. The zero-order valence-electron chi connectivity index (χ0n) is 14.8. The summed E-state index contributed by atoms with van der Waals surface area (Å²) in [6.07, 6.45) is 3.85. The summed E-state index contributed by atoms with van der Waals surface area (Å²) in [6, 6.07) is 10.2. The van der Waals surface area contributed by atoms with E-state index in [2.05, 4.69) is 27.4 Å². The fourth-order valence-electron chi connectivity index (χ4n) is 2.60. The Labute approximate surface area is 170 Å². The minimum atomic E-state index is 0. The van der Waals surface area contributed by atoms with Gasteiger partial charge in [0.25, 0.3) is 0 Å². The molecule has 0 fully saturated rings. The number of nitrogens with zero attached hydrogens (tertiary/aromatic N) is 5. The van der Waals surface area contributed by atoms with E-state index in [4.69, 9.17) is 10.3 Å². The predicted octanol–water partition coefficient (Wildman–Crippen LogP) is 1.61. The average molecular weight is 415 g/mol. The van der Waals surface area contributed by atoms with Gasteiger partial charge in [-0.3, -0.25) is 9.58 Å². The van der Waals surface area contributed by atoms with Gasteiger partial charge in [-0.25, -0.2) is 0 Å². The van der Waals surface area contributed by atoms with Crippen LogP contribution in [0.1, 0.15) is 22.8 Å². The van der Waals surface area contributed by atoms with Gasteiger partial charge >= 0.3 is 0 Å². The second-order valence-electron chi connectivity index (χ2n) is 5.77. The fraction of sp³-hybridized carbons (Fsp3) is 0.353. The first-order valence-corrected chi connectivity index (χ1v) is 8.17. The number of hydrogen-bond donors (Lipinski definition) is 2. The summed E-state index contributed by atoms with van der Waals surface area (Å²) in [6.45, 7) is 2.64. The maximum atomic E-state index is 9.30. The van der Waals surface area contributed by atoms with E-state index in [9.17, 15) is 5.11 Å². The van der Waals surface area contributed by atoms with E-state index in [-0.39, 0.29) is 38.0 Å².